The van der Waals surface area contributed by atoms with Crippen molar-refractivity contribution in [1.82, 2.24) is 14.7 Å². The first-order valence-electron chi connectivity index (χ1n) is 5.89. The van der Waals surface area contributed by atoms with Crippen molar-refractivity contribution in [1.29, 1.82) is 0 Å². The lowest BCUT2D eigenvalue weighted by atomic mass is 10.0. The summed E-state index contributed by atoms with van der Waals surface area (Å²) in [5, 5.41) is 3.95. The number of aromatic nitrogens is 3. The van der Waals surface area contributed by atoms with Gasteiger partial charge in [0, 0.05) is 5.69 Å². The number of nitrogens with zero attached hydrogens (tertiary/aromatic N) is 3. The number of hydrogen-bond donors (Lipinski definition) is 0. The number of imidazole rings is 1. The highest BCUT2D eigenvalue weighted by Crippen LogP contribution is 2.24. The van der Waals surface area contributed by atoms with Crippen LogP contribution in [0.2, 0.25) is 0 Å². The summed E-state index contributed by atoms with van der Waals surface area (Å²) in [6, 6.07) is 0. The third-order valence-corrected chi connectivity index (χ3v) is 4.30. The fourth-order valence-corrected chi connectivity index (χ4v) is 2.60. The van der Waals surface area contributed by atoms with E-state index in [4.69, 9.17) is 4.52 Å². The minimum atomic E-state index is 0.712. The van der Waals surface area contributed by atoms with Crippen LogP contribution >= 0.6 is 15.9 Å². The van der Waals surface area contributed by atoms with Crippen molar-refractivity contribution < 1.29 is 4.52 Å². The lowest BCUT2D eigenvalue weighted by Gasteiger charge is -2.13. The second kappa shape index (κ2) is 4.29. The third kappa shape index (κ3) is 1.92. The van der Waals surface area contributed by atoms with Crippen molar-refractivity contribution in [3.05, 3.63) is 33.6 Å². The molecule has 4 nitrogen and oxygen atoms in total. The zero-order valence-corrected chi connectivity index (χ0v) is 11.3. The lowest BCUT2D eigenvalue weighted by molar-refractivity contribution is 0.370. The molecular weight excluding hydrogens is 282 g/mol. The molecule has 17 heavy (non-hydrogen) atoms. The average Bonchev–Trinajstić information content (AvgIpc) is 2.89. The summed E-state index contributed by atoms with van der Waals surface area (Å²) in [7, 11) is 0. The van der Waals surface area contributed by atoms with Crippen LogP contribution in [0.25, 0.3) is 0 Å². The minimum Gasteiger partial charge on any atom is -0.358 e. The molecule has 0 aromatic carbocycles. The van der Waals surface area contributed by atoms with E-state index in [-0.39, 0.29) is 0 Å². The van der Waals surface area contributed by atoms with Gasteiger partial charge in [0.1, 0.15) is 0 Å². The van der Waals surface area contributed by atoms with Gasteiger partial charge in [-0.1, -0.05) is 5.16 Å². The fourth-order valence-electron chi connectivity index (χ4n) is 2.33. The van der Waals surface area contributed by atoms with Crippen LogP contribution in [0.1, 0.15) is 35.7 Å². The van der Waals surface area contributed by atoms with Gasteiger partial charge in [-0.25, -0.2) is 4.98 Å². The molecule has 0 fully saturated rings. The van der Waals surface area contributed by atoms with Crippen molar-refractivity contribution in [2.24, 2.45) is 0 Å². The predicted molar refractivity (Wildman–Crippen MR) is 66.9 cm³/mol. The highest BCUT2D eigenvalue weighted by Gasteiger charge is 2.17. The third-order valence-electron chi connectivity index (χ3n) is 3.28. The Bertz CT molecular complexity index is 544. The van der Waals surface area contributed by atoms with Crippen LogP contribution in [-0.2, 0) is 19.4 Å². The Hall–Kier alpha value is -1.10. The zero-order chi connectivity index (χ0) is 11.8. The molecule has 1 aliphatic rings. The summed E-state index contributed by atoms with van der Waals surface area (Å²) < 4.78 is 8.46. The number of hydrogen-bond acceptors (Lipinski definition) is 3. The molecule has 0 spiro atoms. The Kier molecular flexibility index (Phi) is 2.78. The summed E-state index contributed by atoms with van der Waals surface area (Å²) in [4.78, 5) is 4.47. The molecule has 1 aliphatic carbocycles. The molecule has 0 bridgehead atoms. The predicted octanol–water partition coefficient (Wildman–Crippen LogP) is 2.87. The number of fused-ring (bicyclic) bond motifs is 1. The van der Waals surface area contributed by atoms with Crippen molar-refractivity contribution in [3.8, 4) is 0 Å². The summed E-state index contributed by atoms with van der Waals surface area (Å²) in [6.07, 6.45) is 6.67. The van der Waals surface area contributed by atoms with E-state index >= 15 is 0 Å². The molecule has 0 saturated heterocycles. The summed E-state index contributed by atoms with van der Waals surface area (Å²) in [5.41, 5.74) is 3.51. The molecule has 0 N–H and O–H groups in total. The summed E-state index contributed by atoms with van der Waals surface area (Å²) >= 11 is 3.50. The molecule has 0 atom stereocenters. The Morgan fingerprint density at radius 3 is 3.00 bits per heavy atom. The van der Waals surface area contributed by atoms with Crippen molar-refractivity contribution in [2.75, 3.05) is 0 Å². The molecule has 2 heterocycles. The first-order valence-corrected chi connectivity index (χ1v) is 6.68. The molecule has 0 saturated carbocycles. The second-order valence-electron chi connectivity index (χ2n) is 4.48. The monoisotopic (exact) mass is 295 g/mol. The Morgan fingerprint density at radius 2 is 2.24 bits per heavy atom. The standard InChI is InChI=1S/C12H14BrN3O/c1-8-12(13)11(17-15-8)6-16-7-14-9-4-2-3-5-10(9)16/h7H,2-6H2,1H3. The van der Waals surface area contributed by atoms with E-state index in [1.54, 1.807) is 0 Å². The number of aryl methyl sites for hydroxylation is 2. The molecular formula is C12H14BrN3O. The van der Waals surface area contributed by atoms with E-state index < -0.39 is 0 Å². The Labute approximate surface area is 108 Å². The Balaban J connectivity index is 1.90. The minimum absolute atomic E-state index is 0.712. The topological polar surface area (TPSA) is 43.9 Å². The fraction of sp³-hybridized carbons (Fsp3) is 0.500. The van der Waals surface area contributed by atoms with Gasteiger partial charge in [-0.05, 0) is 48.5 Å². The molecule has 90 valence electrons. The van der Waals surface area contributed by atoms with Gasteiger partial charge in [0.05, 0.1) is 28.7 Å². The van der Waals surface area contributed by atoms with Crippen LogP contribution in [0, 0.1) is 6.92 Å². The van der Waals surface area contributed by atoms with Crippen molar-refractivity contribution in [2.45, 2.75) is 39.2 Å². The van der Waals surface area contributed by atoms with Gasteiger partial charge in [0.25, 0.3) is 0 Å². The first kappa shape index (κ1) is 11.0. The van der Waals surface area contributed by atoms with Crippen LogP contribution in [0.15, 0.2) is 15.3 Å². The largest absolute Gasteiger partial charge is 0.358 e. The van der Waals surface area contributed by atoms with Crippen molar-refractivity contribution in [3.63, 3.8) is 0 Å². The number of rotatable bonds is 2. The van der Waals surface area contributed by atoms with Gasteiger partial charge < -0.3 is 9.09 Å². The van der Waals surface area contributed by atoms with Crippen LogP contribution in [0.3, 0.4) is 0 Å². The maximum absolute atomic E-state index is 5.31. The highest BCUT2D eigenvalue weighted by atomic mass is 79.9. The van der Waals surface area contributed by atoms with Gasteiger partial charge in [-0.15, -0.1) is 0 Å². The average molecular weight is 296 g/mol. The molecule has 2 aromatic heterocycles. The van der Waals surface area contributed by atoms with Crippen LogP contribution in [0.5, 0.6) is 0 Å². The van der Waals surface area contributed by atoms with Crippen LogP contribution in [0.4, 0.5) is 0 Å². The second-order valence-corrected chi connectivity index (χ2v) is 5.27. The molecule has 0 radical (unpaired) electrons. The van der Waals surface area contributed by atoms with E-state index in [0.29, 0.717) is 6.54 Å². The smallest absolute Gasteiger partial charge is 0.170 e. The van der Waals surface area contributed by atoms with Crippen LogP contribution in [-0.4, -0.2) is 14.7 Å². The van der Waals surface area contributed by atoms with Gasteiger partial charge >= 0.3 is 0 Å². The first-order chi connectivity index (χ1) is 8.25. The van der Waals surface area contributed by atoms with E-state index in [9.17, 15) is 0 Å². The van der Waals surface area contributed by atoms with Gasteiger partial charge in [0.15, 0.2) is 5.76 Å². The highest BCUT2D eigenvalue weighted by molar-refractivity contribution is 9.10. The normalized spacial score (nSPS) is 14.9. The van der Waals surface area contributed by atoms with Crippen LogP contribution < -0.4 is 0 Å². The molecule has 0 amide bonds. The molecule has 3 rings (SSSR count). The zero-order valence-electron chi connectivity index (χ0n) is 9.74. The van der Waals surface area contributed by atoms with E-state index in [1.807, 2.05) is 13.3 Å². The molecule has 2 aromatic rings. The van der Waals surface area contributed by atoms with Gasteiger partial charge in [0.2, 0.25) is 0 Å². The lowest BCUT2D eigenvalue weighted by Crippen LogP contribution is -2.08. The SMILES string of the molecule is Cc1noc(Cn2cnc3c2CCCC3)c1Br. The summed E-state index contributed by atoms with van der Waals surface area (Å²) in [6.45, 7) is 2.64. The maximum atomic E-state index is 5.31. The van der Waals surface area contributed by atoms with E-state index in [1.165, 1.54) is 24.2 Å². The van der Waals surface area contributed by atoms with E-state index in [0.717, 1.165) is 28.8 Å². The van der Waals surface area contributed by atoms with Gasteiger partial charge in [-0.3, -0.25) is 0 Å². The molecule has 5 heteroatoms. The summed E-state index contributed by atoms with van der Waals surface area (Å²) in [5.74, 6) is 0.869. The van der Waals surface area contributed by atoms with Crippen molar-refractivity contribution >= 4 is 15.9 Å². The maximum Gasteiger partial charge on any atom is 0.170 e. The molecule has 0 aliphatic heterocycles. The molecule has 0 unspecified atom stereocenters. The quantitative estimate of drug-likeness (QED) is 0.856. The Morgan fingerprint density at radius 1 is 1.41 bits per heavy atom. The van der Waals surface area contributed by atoms with Gasteiger partial charge in [-0.2, -0.15) is 0 Å². The number of halogens is 1. The van der Waals surface area contributed by atoms with E-state index in [2.05, 4.69) is 30.6 Å².